The maximum absolute atomic E-state index is 13.8. The van der Waals surface area contributed by atoms with Crippen molar-refractivity contribution in [1.82, 2.24) is 14.8 Å². The Morgan fingerprint density at radius 2 is 1.97 bits per heavy atom. The SMILES string of the molecule is COc1ccc(C(=O)NC(=Cc2ccc(C)o2)C(=O)N2CC3CC(C2)c2cccc(=O)n2C3)cc1[N+](=O)[O-]. The third-order valence-corrected chi connectivity index (χ3v) is 6.93. The third kappa shape index (κ3) is 4.82. The molecule has 2 aliphatic heterocycles. The van der Waals surface area contributed by atoms with E-state index < -0.39 is 16.7 Å². The molecule has 1 aromatic carbocycles. The highest BCUT2D eigenvalue weighted by atomic mass is 16.6. The molecule has 2 bridgehead atoms. The summed E-state index contributed by atoms with van der Waals surface area (Å²) in [4.78, 5) is 51.7. The molecule has 2 aliphatic rings. The first kappa shape index (κ1) is 25.0. The summed E-state index contributed by atoms with van der Waals surface area (Å²) < 4.78 is 12.4. The number of carbonyl (C=O) groups excluding carboxylic acids is 2. The molecule has 3 aromatic rings. The number of aromatic nitrogens is 1. The molecule has 2 unspecified atom stereocenters. The number of nitro groups is 1. The van der Waals surface area contributed by atoms with Crippen molar-refractivity contribution in [2.75, 3.05) is 20.2 Å². The molecule has 5 rings (SSSR count). The predicted molar refractivity (Wildman–Crippen MR) is 137 cm³/mol. The van der Waals surface area contributed by atoms with E-state index in [0.717, 1.165) is 18.2 Å². The molecule has 2 amide bonds. The lowest BCUT2D eigenvalue weighted by Crippen LogP contribution is -2.50. The number of rotatable bonds is 6. The number of hydrogen-bond donors (Lipinski definition) is 1. The number of hydrogen-bond acceptors (Lipinski definition) is 7. The van der Waals surface area contributed by atoms with Crippen LogP contribution in [0.15, 0.2) is 63.4 Å². The van der Waals surface area contributed by atoms with E-state index in [1.807, 2.05) is 6.07 Å². The fraction of sp³-hybridized carbons (Fsp3) is 0.296. The number of likely N-dealkylation sites (tertiary alicyclic amines) is 1. The summed E-state index contributed by atoms with van der Waals surface area (Å²) in [6.07, 6.45) is 2.32. The Balaban J connectivity index is 1.44. The standard InChI is InChI=1S/C27H26N4O7/c1-16-6-8-20(38-16)12-21(28-26(33)18-7-9-24(37-2)23(11-18)31(35)36)27(34)29-13-17-10-19(15-29)22-4-3-5-25(32)30(22)14-17/h3-9,11-12,17,19H,10,13-15H2,1-2H3,(H,28,33). The molecule has 196 valence electrons. The number of piperidine rings is 1. The van der Waals surface area contributed by atoms with Crippen molar-refractivity contribution < 1.29 is 23.7 Å². The molecule has 11 nitrogen and oxygen atoms in total. The van der Waals surface area contributed by atoms with Crippen LogP contribution < -0.4 is 15.6 Å². The Labute approximate surface area is 217 Å². The van der Waals surface area contributed by atoms with Gasteiger partial charge in [0.25, 0.3) is 17.4 Å². The zero-order valence-corrected chi connectivity index (χ0v) is 20.9. The normalized spacial score (nSPS) is 18.5. The minimum absolute atomic E-state index is 0.00404. The third-order valence-electron chi connectivity index (χ3n) is 6.93. The molecule has 1 N–H and O–H groups in total. The molecule has 2 atom stereocenters. The van der Waals surface area contributed by atoms with Crippen molar-refractivity contribution in [2.24, 2.45) is 5.92 Å². The lowest BCUT2D eigenvalue weighted by molar-refractivity contribution is -0.385. The van der Waals surface area contributed by atoms with Gasteiger partial charge in [0.1, 0.15) is 17.2 Å². The fourth-order valence-corrected chi connectivity index (χ4v) is 5.23. The van der Waals surface area contributed by atoms with Gasteiger partial charge in [-0.05, 0) is 49.6 Å². The van der Waals surface area contributed by atoms with Gasteiger partial charge in [-0.25, -0.2) is 0 Å². The van der Waals surface area contributed by atoms with E-state index in [2.05, 4.69) is 5.32 Å². The molecular weight excluding hydrogens is 492 g/mol. The molecule has 11 heteroatoms. The first-order valence-corrected chi connectivity index (χ1v) is 12.1. The summed E-state index contributed by atoms with van der Waals surface area (Å²) in [6.45, 7) is 3.10. The van der Waals surface area contributed by atoms with Crippen LogP contribution in [-0.4, -0.2) is 46.4 Å². The average molecular weight is 519 g/mol. The number of pyridine rings is 1. The van der Waals surface area contributed by atoms with Crippen LogP contribution in [0.4, 0.5) is 5.69 Å². The largest absolute Gasteiger partial charge is 0.490 e. The highest BCUT2D eigenvalue weighted by molar-refractivity contribution is 6.05. The number of ether oxygens (including phenoxy) is 1. The second-order valence-corrected chi connectivity index (χ2v) is 9.51. The zero-order valence-electron chi connectivity index (χ0n) is 20.9. The zero-order chi connectivity index (χ0) is 27.0. The number of fused-ring (bicyclic) bond motifs is 4. The lowest BCUT2D eigenvalue weighted by Gasteiger charge is -2.42. The highest BCUT2D eigenvalue weighted by Gasteiger charge is 2.37. The molecule has 0 radical (unpaired) electrons. The summed E-state index contributed by atoms with van der Waals surface area (Å²) in [5, 5.41) is 14.1. The van der Waals surface area contributed by atoms with E-state index in [0.29, 0.717) is 31.2 Å². The number of benzene rings is 1. The molecule has 2 aromatic heterocycles. The van der Waals surface area contributed by atoms with Gasteiger partial charge in [0.2, 0.25) is 0 Å². The first-order valence-electron chi connectivity index (χ1n) is 12.1. The summed E-state index contributed by atoms with van der Waals surface area (Å²) in [5.41, 5.74) is 0.458. The van der Waals surface area contributed by atoms with Gasteiger partial charge in [-0.3, -0.25) is 24.5 Å². The van der Waals surface area contributed by atoms with Gasteiger partial charge in [0, 0.05) is 55.0 Å². The number of aryl methyl sites for hydroxylation is 1. The number of methoxy groups -OCH3 is 1. The van der Waals surface area contributed by atoms with Crippen LogP contribution in [0.2, 0.25) is 0 Å². The second kappa shape index (κ2) is 10.0. The average Bonchev–Trinajstić information content (AvgIpc) is 3.32. The van der Waals surface area contributed by atoms with Crippen LogP contribution in [0, 0.1) is 23.0 Å². The van der Waals surface area contributed by atoms with Crippen molar-refractivity contribution in [3.8, 4) is 5.75 Å². The number of carbonyl (C=O) groups is 2. The van der Waals surface area contributed by atoms with Gasteiger partial charge in [-0.2, -0.15) is 0 Å². The van der Waals surface area contributed by atoms with Gasteiger partial charge < -0.3 is 23.9 Å². The van der Waals surface area contributed by atoms with E-state index in [1.54, 1.807) is 40.7 Å². The fourth-order valence-electron chi connectivity index (χ4n) is 5.23. The van der Waals surface area contributed by atoms with Gasteiger partial charge in [0.15, 0.2) is 5.75 Å². The number of nitrogens with zero attached hydrogens (tertiary/aromatic N) is 3. The summed E-state index contributed by atoms with van der Waals surface area (Å²) in [7, 11) is 1.30. The van der Waals surface area contributed by atoms with E-state index in [4.69, 9.17) is 9.15 Å². The molecule has 38 heavy (non-hydrogen) atoms. The number of nitrogens with one attached hydrogen (secondary N) is 1. The van der Waals surface area contributed by atoms with Gasteiger partial charge in [-0.15, -0.1) is 0 Å². The molecule has 1 saturated heterocycles. The summed E-state index contributed by atoms with van der Waals surface area (Å²) in [5.74, 6) is 0.0219. The van der Waals surface area contributed by atoms with Crippen molar-refractivity contribution in [2.45, 2.75) is 25.8 Å². The molecule has 0 spiro atoms. The number of nitro benzene ring substituents is 1. The van der Waals surface area contributed by atoms with Crippen LogP contribution in [0.25, 0.3) is 6.08 Å². The number of furan rings is 1. The first-order chi connectivity index (χ1) is 18.2. The maximum atomic E-state index is 13.8. The summed E-state index contributed by atoms with van der Waals surface area (Å²) >= 11 is 0. The maximum Gasteiger partial charge on any atom is 0.311 e. The van der Waals surface area contributed by atoms with Crippen molar-refractivity contribution in [3.63, 3.8) is 0 Å². The summed E-state index contributed by atoms with van der Waals surface area (Å²) in [6, 6.07) is 12.4. The minimum atomic E-state index is -0.687. The Morgan fingerprint density at radius 3 is 2.68 bits per heavy atom. The van der Waals surface area contributed by atoms with E-state index in [-0.39, 0.29) is 40.1 Å². The second-order valence-electron chi connectivity index (χ2n) is 9.51. The predicted octanol–water partition coefficient (Wildman–Crippen LogP) is 3.08. The molecule has 1 fully saturated rings. The Bertz CT molecular complexity index is 1520. The Kier molecular flexibility index (Phi) is 6.58. The van der Waals surface area contributed by atoms with Crippen LogP contribution in [-0.2, 0) is 11.3 Å². The number of amides is 2. The van der Waals surface area contributed by atoms with Crippen molar-refractivity contribution >= 4 is 23.6 Å². The van der Waals surface area contributed by atoms with Gasteiger partial charge in [-0.1, -0.05) is 6.07 Å². The van der Waals surface area contributed by atoms with Gasteiger partial charge in [0.05, 0.1) is 12.0 Å². The van der Waals surface area contributed by atoms with Gasteiger partial charge >= 0.3 is 5.69 Å². The lowest BCUT2D eigenvalue weighted by atomic mass is 9.83. The molecule has 0 aliphatic carbocycles. The van der Waals surface area contributed by atoms with Crippen LogP contribution >= 0.6 is 0 Å². The topological polar surface area (TPSA) is 137 Å². The minimum Gasteiger partial charge on any atom is -0.490 e. The van der Waals surface area contributed by atoms with Crippen LogP contribution in [0.5, 0.6) is 5.75 Å². The quantitative estimate of drug-likeness (QED) is 0.301. The van der Waals surface area contributed by atoms with Crippen molar-refractivity contribution in [1.29, 1.82) is 0 Å². The van der Waals surface area contributed by atoms with E-state index in [9.17, 15) is 24.5 Å². The van der Waals surface area contributed by atoms with Crippen molar-refractivity contribution in [3.05, 3.63) is 97.5 Å². The monoisotopic (exact) mass is 518 g/mol. The van der Waals surface area contributed by atoms with Crippen LogP contribution in [0.1, 0.15) is 39.9 Å². The Hall–Kier alpha value is -4.67. The van der Waals surface area contributed by atoms with E-state index >= 15 is 0 Å². The molecule has 0 saturated carbocycles. The molecular formula is C27H26N4O7. The highest BCUT2D eigenvalue weighted by Crippen LogP contribution is 2.35. The Morgan fingerprint density at radius 1 is 1.16 bits per heavy atom. The molecule has 4 heterocycles. The van der Waals surface area contributed by atoms with Crippen LogP contribution in [0.3, 0.4) is 0 Å². The van der Waals surface area contributed by atoms with E-state index in [1.165, 1.54) is 25.3 Å². The smallest absolute Gasteiger partial charge is 0.311 e.